The van der Waals surface area contributed by atoms with Gasteiger partial charge in [-0.05, 0) is 37.2 Å². The van der Waals surface area contributed by atoms with E-state index in [0.29, 0.717) is 12.3 Å². The van der Waals surface area contributed by atoms with Crippen LogP contribution in [-0.2, 0) is 4.79 Å². The standard InChI is InChI=1S/C14H18N2O2S.ClH/c17-12-1-3-13(4-2-12)19-10-14(18)16-9-11-5-7-15-8-6-11;/h1-5,15,17H,6-10H2,(H,16,18);1H. The summed E-state index contributed by atoms with van der Waals surface area (Å²) in [7, 11) is 0. The van der Waals surface area contributed by atoms with Crippen LogP contribution in [0.5, 0.6) is 5.75 Å². The molecule has 0 fully saturated rings. The van der Waals surface area contributed by atoms with E-state index in [1.54, 1.807) is 12.1 Å². The van der Waals surface area contributed by atoms with Crippen molar-refractivity contribution in [3.05, 3.63) is 35.9 Å². The van der Waals surface area contributed by atoms with E-state index in [1.165, 1.54) is 17.3 Å². The number of amides is 1. The fourth-order valence-electron chi connectivity index (χ4n) is 1.78. The third kappa shape index (κ3) is 5.86. The lowest BCUT2D eigenvalue weighted by Gasteiger charge is -2.14. The molecular weight excluding hydrogens is 296 g/mol. The van der Waals surface area contributed by atoms with Gasteiger partial charge in [-0.1, -0.05) is 11.6 Å². The van der Waals surface area contributed by atoms with Crippen LogP contribution in [0.4, 0.5) is 0 Å². The highest BCUT2D eigenvalue weighted by Gasteiger charge is 2.06. The second-order valence-corrected chi connectivity index (χ2v) is 5.42. The largest absolute Gasteiger partial charge is 0.508 e. The molecule has 0 aliphatic carbocycles. The van der Waals surface area contributed by atoms with Gasteiger partial charge in [-0.2, -0.15) is 0 Å². The van der Waals surface area contributed by atoms with Gasteiger partial charge in [0.05, 0.1) is 5.75 Å². The number of aromatic hydroxyl groups is 1. The van der Waals surface area contributed by atoms with Crippen molar-refractivity contribution in [1.29, 1.82) is 0 Å². The predicted molar refractivity (Wildman–Crippen MR) is 84.7 cm³/mol. The highest BCUT2D eigenvalue weighted by molar-refractivity contribution is 8.00. The summed E-state index contributed by atoms with van der Waals surface area (Å²) in [6.07, 6.45) is 3.14. The van der Waals surface area contributed by atoms with Gasteiger partial charge < -0.3 is 15.7 Å². The van der Waals surface area contributed by atoms with Crippen LogP contribution in [0.25, 0.3) is 0 Å². The van der Waals surface area contributed by atoms with Crippen molar-refractivity contribution in [1.82, 2.24) is 10.6 Å². The number of halogens is 1. The monoisotopic (exact) mass is 314 g/mol. The molecule has 0 atom stereocenters. The van der Waals surface area contributed by atoms with Crippen LogP contribution < -0.4 is 10.6 Å². The maximum Gasteiger partial charge on any atom is 0.230 e. The second kappa shape index (κ2) is 8.89. The zero-order chi connectivity index (χ0) is 13.5. The summed E-state index contributed by atoms with van der Waals surface area (Å²) in [5.41, 5.74) is 1.29. The predicted octanol–water partition coefficient (Wildman–Crippen LogP) is 1.94. The molecule has 1 aromatic carbocycles. The Morgan fingerprint density at radius 3 is 2.75 bits per heavy atom. The van der Waals surface area contributed by atoms with Gasteiger partial charge in [0.1, 0.15) is 5.75 Å². The first kappa shape index (κ1) is 16.9. The summed E-state index contributed by atoms with van der Waals surface area (Å²) in [5.74, 6) is 0.681. The Kier molecular flexibility index (Phi) is 7.51. The molecule has 0 spiro atoms. The van der Waals surface area contributed by atoms with E-state index in [-0.39, 0.29) is 24.1 Å². The van der Waals surface area contributed by atoms with Gasteiger partial charge in [-0.25, -0.2) is 0 Å². The first-order valence-corrected chi connectivity index (χ1v) is 7.30. The molecule has 3 N–H and O–H groups in total. The maximum absolute atomic E-state index is 11.7. The van der Waals surface area contributed by atoms with Crippen molar-refractivity contribution in [2.45, 2.75) is 11.3 Å². The Bertz CT molecular complexity index is 463. The lowest BCUT2D eigenvalue weighted by molar-refractivity contribution is -0.118. The lowest BCUT2D eigenvalue weighted by Crippen LogP contribution is -2.30. The number of benzene rings is 1. The van der Waals surface area contributed by atoms with Gasteiger partial charge in [0.15, 0.2) is 0 Å². The van der Waals surface area contributed by atoms with Gasteiger partial charge in [0.2, 0.25) is 5.91 Å². The van der Waals surface area contributed by atoms with Crippen LogP contribution in [0.1, 0.15) is 6.42 Å². The molecule has 4 nitrogen and oxygen atoms in total. The minimum atomic E-state index is 0. The van der Waals surface area contributed by atoms with Crippen molar-refractivity contribution in [3.63, 3.8) is 0 Å². The number of phenolic OH excluding ortho intramolecular Hbond substituents is 1. The summed E-state index contributed by atoms with van der Waals surface area (Å²) in [4.78, 5) is 12.7. The van der Waals surface area contributed by atoms with Crippen molar-refractivity contribution >= 4 is 30.1 Å². The van der Waals surface area contributed by atoms with Gasteiger partial charge in [0, 0.05) is 18.0 Å². The summed E-state index contributed by atoms with van der Waals surface area (Å²) < 4.78 is 0. The SMILES string of the molecule is Cl.O=C(CSc1ccc(O)cc1)NCC1=CCNCC1. The number of rotatable bonds is 5. The molecule has 0 bridgehead atoms. The Labute approximate surface area is 129 Å². The van der Waals surface area contributed by atoms with E-state index in [2.05, 4.69) is 16.7 Å². The first-order chi connectivity index (χ1) is 9.24. The Morgan fingerprint density at radius 2 is 2.10 bits per heavy atom. The highest BCUT2D eigenvalue weighted by atomic mass is 35.5. The van der Waals surface area contributed by atoms with E-state index in [9.17, 15) is 4.79 Å². The fraction of sp³-hybridized carbons (Fsp3) is 0.357. The van der Waals surface area contributed by atoms with Crippen molar-refractivity contribution < 1.29 is 9.90 Å². The molecule has 110 valence electrons. The smallest absolute Gasteiger partial charge is 0.230 e. The number of thioether (sulfide) groups is 1. The minimum Gasteiger partial charge on any atom is -0.508 e. The summed E-state index contributed by atoms with van der Waals surface area (Å²) >= 11 is 1.47. The Balaban J connectivity index is 0.00000200. The number of hydrogen-bond acceptors (Lipinski definition) is 4. The van der Waals surface area contributed by atoms with Gasteiger partial charge in [-0.3, -0.25) is 4.79 Å². The maximum atomic E-state index is 11.7. The third-order valence-corrected chi connectivity index (χ3v) is 3.89. The highest BCUT2D eigenvalue weighted by Crippen LogP contribution is 2.20. The molecule has 0 saturated heterocycles. The summed E-state index contributed by atoms with van der Waals surface area (Å²) in [5, 5.41) is 15.3. The lowest BCUT2D eigenvalue weighted by atomic mass is 10.1. The summed E-state index contributed by atoms with van der Waals surface area (Å²) in [6.45, 7) is 2.54. The van der Waals surface area contributed by atoms with E-state index in [0.717, 1.165) is 24.4 Å². The Morgan fingerprint density at radius 1 is 1.35 bits per heavy atom. The van der Waals surface area contributed by atoms with Crippen molar-refractivity contribution in [3.8, 4) is 5.75 Å². The molecule has 0 saturated carbocycles. The molecule has 1 heterocycles. The topological polar surface area (TPSA) is 61.4 Å². The van der Waals surface area contributed by atoms with Crippen molar-refractivity contribution in [2.24, 2.45) is 0 Å². The van der Waals surface area contributed by atoms with E-state index >= 15 is 0 Å². The number of carbonyl (C=O) groups is 1. The van der Waals surface area contributed by atoms with Crippen molar-refractivity contribution in [2.75, 3.05) is 25.4 Å². The van der Waals surface area contributed by atoms with Crippen LogP contribution in [-0.4, -0.2) is 36.4 Å². The second-order valence-electron chi connectivity index (χ2n) is 4.38. The number of carbonyl (C=O) groups excluding carboxylic acids is 1. The van der Waals surface area contributed by atoms with Crippen LogP contribution in [0, 0.1) is 0 Å². The minimum absolute atomic E-state index is 0. The fourth-order valence-corrected chi connectivity index (χ4v) is 2.51. The van der Waals surface area contributed by atoms with Gasteiger partial charge >= 0.3 is 0 Å². The molecule has 1 aliphatic heterocycles. The molecule has 1 aliphatic rings. The molecule has 2 rings (SSSR count). The quantitative estimate of drug-likeness (QED) is 0.574. The van der Waals surface area contributed by atoms with Crippen LogP contribution >= 0.6 is 24.2 Å². The molecule has 0 radical (unpaired) electrons. The molecule has 1 amide bonds. The average Bonchev–Trinajstić information content (AvgIpc) is 2.45. The number of nitrogens with one attached hydrogen (secondary N) is 2. The number of phenols is 1. The first-order valence-electron chi connectivity index (χ1n) is 6.31. The zero-order valence-corrected chi connectivity index (χ0v) is 12.7. The molecule has 0 aromatic heterocycles. The molecule has 20 heavy (non-hydrogen) atoms. The third-order valence-electron chi connectivity index (χ3n) is 2.88. The zero-order valence-electron chi connectivity index (χ0n) is 11.1. The summed E-state index contributed by atoms with van der Waals surface area (Å²) in [6, 6.07) is 6.87. The molecular formula is C14H19ClN2O2S. The van der Waals surface area contributed by atoms with Gasteiger partial charge in [0.25, 0.3) is 0 Å². The van der Waals surface area contributed by atoms with E-state index < -0.39 is 0 Å². The Hall–Kier alpha value is -1.17. The van der Waals surface area contributed by atoms with Crippen LogP contribution in [0.15, 0.2) is 40.8 Å². The number of hydrogen-bond donors (Lipinski definition) is 3. The van der Waals surface area contributed by atoms with E-state index in [4.69, 9.17) is 5.11 Å². The van der Waals surface area contributed by atoms with Gasteiger partial charge in [-0.15, -0.1) is 24.2 Å². The normalized spacial score (nSPS) is 14.1. The van der Waals surface area contributed by atoms with E-state index in [1.807, 2.05) is 12.1 Å². The van der Waals surface area contributed by atoms with Crippen LogP contribution in [0.3, 0.4) is 0 Å². The molecule has 6 heteroatoms. The molecule has 1 aromatic rings. The molecule has 0 unspecified atom stereocenters. The average molecular weight is 315 g/mol. The van der Waals surface area contributed by atoms with Crippen LogP contribution in [0.2, 0.25) is 0 Å².